The van der Waals surface area contributed by atoms with Crippen molar-refractivity contribution in [3.63, 3.8) is 0 Å². The zero-order valence-corrected chi connectivity index (χ0v) is 12.4. The number of furan rings is 1. The van der Waals surface area contributed by atoms with Gasteiger partial charge in [-0.05, 0) is 42.6 Å². The number of hydrogen-bond acceptors (Lipinski definition) is 3. The van der Waals surface area contributed by atoms with Gasteiger partial charge in [0.05, 0.1) is 17.5 Å². The fourth-order valence-corrected chi connectivity index (χ4v) is 1.90. The number of benzene rings is 1. The number of hydrogen-bond donors (Lipinski definition) is 2. The van der Waals surface area contributed by atoms with Crippen molar-refractivity contribution in [2.75, 3.05) is 5.32 Å². The first kappa shape index (κ1) is 16.8. The van der Waals surface area contributed by atoms with Gasteiger partial charge in [-0.1, -0.05) is 12.1 Å². The van der Waals surface area contributed by atoms with E-state index >= 15 is 0 Å². The molecule has 0 fully saturated rings. The zero-order chi connectivity index (χ0) is 16.9. The molecular formula is C15H11F3N2O2S. The molecule has 2 aromatic rings. The zero-order valence-electron chi connectivity index (χ0n) is 11.6. The van der Waals surface area contributed by atoms with E-state index < -0.39 is 17.6 Å². The van der Waals surface area contributed by atoms with Gasteiger partial charge in [0.15, 0.2) is 5.11 Å². The second-order valence-corrected chi connectivity index (χ2v) is 4.74. The largest absolute Gasteiger partial charge is 0.465 e. The smallest absolute Gasteiger partial charge is 0.418 e. The lowest BCUT2D eigenvalue weighted by atomic mass is 10.1. The Hall–Kier alpha value is -2.61. The first-order valence-corrected chi connectivity index (χ1v) is 6.77. The molecule has 2 N–H and O–H groups in total. The fourth-order valence-electron chi connectivity index (χ4n) is 1.69. The molecular weight excluding hydrogens is 329 g/mol. The highest BCUT2D eigenvalue weighted by molar-refractivity contribution is 7.80. The van der Waals surface area contributed by atoms with E-state index in [-0.39, 0.29) is 10.8 Å². The van der Waals surface area contributed by atoms with Crippen LogP contribution in [0.1, 0.15) is 11.3 Å². The third kappa shape index (κ3) is 4.96. The Kier molecular flexibility index (Phi) is 5.17. The number of alkyl halides is 3. The summed E-state index contributed by atoms with van der Waals surface area (Å²) in [4.78, 5) is 11.6. The van der Waals surface area contributed by atoms with Crippen LogP contribution in [0.2, 0.25) is 0 Å². The number of rotatable bonds is 3. The van der Waals surface area contributed by atoms with Crippen LogP contribution >= 0.6 is 12.2 Å². The van der Waals surface area contributed by atoms with E-state index in [1.165, 1.54) is 30.5 Å². The molecule has 8 heteroatoms. The van der Waals surface area contributed by atoms with Gasteiger partial charge in [0, 0.05) is 6.08 Å². The van der Waals surface area contributed by atoms with Gasteiger partial charge in [0.2, 0.25) is 5.91 Å². The predicted molar refractivity (Wildman–Crippen MR) is 83.5 cm³/mol. The number of carbonyl (C=O) groups is 1. The van der Waals surface area contributed by atoms with Gasteiger partial charge >= 0.3 is 6.18 Å². The molecule has 0 bridgehead atoms. The molecule has 23 heavy (non-hydrogen) atoms. The molecule has 1 heterocycles. The number of nitrogens with one attached hydrogen (secondary N) is 2. The Morgan fingerprint density at radius 3 is 2.57 bits per heavy atom. The van der Waals surface area contributed by atoms with E-state index in [0.717, 1.165) is 12.1 Å². The lowest BCUT2D eigenvalue weighted by Gasteiger charge is -2.14. The first-order valence-electron chi connectivity index (χ1n) is 6.36. The van der Waals surface area contributed by atoms with Crippen LogP contribution in [-0.2, 0) is 11.0 Å². The fraction of sp³-hybridized carbons (Fsp3) is 0.0667. The van der Waals surface area contributed by atoms with E-state index in [0.29, 0.717) is 5.76 Å². The lowest BCUT2D eigenvalue weighted by Crippen LogP contribution is -2.33. The average molecular weight is 340 g/mol. The Morgan fingerprint density at radius 1 is 1.17 bits per heavy atom. The van der Waals surface area contributed by atoms with Crippen molar-refractivity contribution in [3.05, 3.63) is 60.1 Å². The Bertz CT molecular complexity index is 725. The van der Waals surface area contributed by atoms with Crippen LogP contribution in [-0.4, -0.2) is 11.0 Å². The van der Waals surface area contributed by atoms with E-state index in [4.69, 9.17) is 16.6 Å². The van der Waals surface area contributed by atoms with Gasteiger partial charge < -0.3 is 9.73 Å². The maximum absolute atomic E-state index is 12.8. The van der Waals surface area contributed by atoms with E-state index in [9.17, 15) is 18.0 Å². The van der Waals surface area contributed by atoms with E-state index in [1.807, 2.05) is 0 Å². The van der Waals surface area contributed by atoms with Crippen molar-refractivity contribution in [1.82, 2.24) is 5.32 Å². The average Bonchev–Trinajstić information content (AvgIpc) is 2.97. The first-order chi connectivity index (χ1) is 10.9. The van der Waals surface area contributed by atoms with Crippen LogP contribution in [0, 0.1) is 0 Å². The molecule has 1 aromatic carbocycles. The topological polar surface area (TPSA) is 54.3 Å². The summed E-state index contributed by atoms with van der Waals surface area (Å²) in [6, 6.07) is 8.13. The molecule has 0 aliphatic carbocycles. The van der Waals surface area contributed by atoms with Crippen molar-refractivity contribution in [2.45, 2.75) is 6.18 Å². The molecule has 0 unspecified atom stereocenters. The molecule has 2 rings (SSSR count). The van der Waals surface area contributed by atoms with Gasteiger partial charge in [-0.25, -0.2) is 0 Å². The second kappa shape index (κ2) is 7.10. The minimum Gasteiger partial charge on any atom is -0.465 e. The second-order valence-electron chi connectivity index (χ2n) is 4.34. The highest BCUT2D eigenvalue weighted by Crippen LogP contribution is 2.34. The van der Waals surface area contributed by atoms with E-state index in [2.05, 4.69) is 10.6 Å². The summed E-state index contributed by atoms with van der Waals surface area (Å²) in [5.74, 6) is -0.134. The number of anilines is 1. The molecule has 120 valence electrons. The SMILES string of the molecule is O=C(C=Cc1ccco1)NC(=S)Nc1ccccc1C(F)(F)F. The molecule has 0 spiro atoms. The number of amides is 1. The quantitative estimate of drug-likeness (QED) is 0.659. The molecule has 0 atom stereocenters. The Labute approximate surface area is 135 Å². The van der Waals surface area contributed by atoms with Crippen molar-refractivity contribution >= 4 is 35.0 Å². The van der Waals surface area contributed by atoms with Crippen LogP contribution < -0.4 is 10.6 Å². The van der Waals surface area contributed by atoms with Crippen LogP contribution in [0.25, 0.3) is 6.08 Å². The summed E-state index contributed by atoms with van der Waals surface area (Å²) in [5.41, 5.74) is -1.11. The number of carbonyl (C=O) groups excluding carboxylic acids is 1. The molecule has 0 aliphatic rings. The Balaban J connectivity index is 1.99. The number of halogens is 3. The minimum absolute atomic E-state index is 0.236. The summed E-state index contributed by atoms with van der Waals surface area (Å²) in [6.07, 6.45) is -0.523. The molecule has 1 aromatic heterocycles. The predicted octanol–water partition coefficient (Wildman–Crippen LogP) is 3.82. The highest BCUT2D eigenvalue weighted by Gasteiger charge is 2.33. The Morgan fingerprint density at radius 2 is 1.91 bits per heavy atom. The molecule has 0 saturated heterocycles. The van der Waals surface area contributed by atoms with Gasteiger partial charge in [-0.2, -0.15) is 13.2 Å². The van der Waals surface area contributed by atoms with Gasteiger partial charge in [0.25, 0.3) is 0 Å². The molecule has 0 radical (unpaired) electrons. The highest BCUT2D eigenvalue weighted by atomic mass is 32.1. The molecule has 4 nitrogen and oxygen atoms in total. The lowest BCUT2D eigenvalue weighted by molar-refractivity contribution is -0.136. The van der Waals surface area contributed by atoms with Crippen LogP contribution in [0.5, 0.6) is 0 Å². The summed E-state index contributed by atoms with van der Waals surface area (Å²) in [7, 11) is 0. The van der Waals surface area contributed by atoms with Crippen LogP contribution in [0.4, 0.5) is 18.9 Å². The monoisotopic (exact) mass is 340 g/mol. The van der Waals surface area contributed by atoms with Crippen LogP contribution in [0.15, 0.2) is 53.2 Å². The van der Waals surface area contributed by atoms with E-state index in [1.54, 1.807) is 12.1 Å². The number of para-hydroxylation sites is 1. The van der Waals surface area contributed by atoms with Gasteiger partial charge in [0.1, 0.15) is 5.76 Å². The van der Waals surface area contributed by atoms with Crippen molar-refractivity contribution in [2.24, 2.45) is 0 Å². The van der Waals surface area contributed by atoms with Crippen LogP contribution in [0.3, 0.4) is 0 Å². The standard InChI is InChI=1S/C15H11F3N2O2S/c16-15(17,18)11-5-1-2-6-12(11)19-14(23)20-13(21)8-7-10-4-3-9-22-10/h1-9H,(H2,19,20,21,23). The van der Waals surface area contributed by atoms with Crippen molar-refractivity contribution < 1.29 is 22.4 Å². The van der Waals surface area contributed by atoms with Gasteiger partial charge in [-0.15, -0.1) is 0 Å². The van der Waals surface area contributed by atoms with Crippen molar-refractivity contribution in [1.29, 1.82) is 0 Å². The normalized spacial score (nSPS) is 11.4. The minimum atomic E-state index is -4.53. The third-order valence-corrected chi connectivity index (χ3v) is 2.86. The number of thiocarbonyl (C=S) groups is 1. The summed E-state index contributed by atoms with van der Waals surface area (Å²) in [5, 5.41) is 4.38. The molecule has 0 saturated carbocycles. The van der Waals surface area contributed by atoms with Crippen molar-refractivity contribution in [3.8, 4) is 0 Å². The van der Waals surface area contributed by atoms with Gasteiger partial charge in [-0.3, -0.25) is 10.1 Å². The molecule has 1 amide bonds. The maximum atomic E-state index is 12.8. The summed E-state index contributed by atoms with van der Waals surface area (Å²) >= 11 is 4.84. The maximum Gasteiger partial charge on any atom is 0.418 e. The third-order valence-electron chi connectivity index (χ3n) is 2.66. The molecule has 0 aliphatic heterocycles. The summed E-state index contributed by atoms with van der Waals surface area (Å²) in [6.45, 7) is 0. The summed E-state index contributed by atoms with van der Waals surface area (Å²) < 4.78 is 43.5.